The molecule has 4 saturated heterocycles. The van der Waals surface area contributed by atoms with Crippen LogP contribution in [0.25, 0.3) is 0 Å². The van der Waals surface area contributed by atoms with Crippen molar-refractivity contribution in [1.29, 1.82) is 0 Å². The van der Waals surface area contributed by atoms with Gasteiger partial charge >= 0.3 is 54.9 Å². The molecule has 25 heteroatoms. The van der Waals surface area contributed by atoms with E-state index >= 15 is 0 Å². The maximum Gasteiger partial charge on any atom is 1.00 e. The number of likely N-dealkylation sites (tertiary alicyclic amines) is 4. The number of methoxy groups -OCH3 is 3. The van der Waals surface area contributed by atoms with Crippen molar-refractivity contribution in [3.8, 4) is 0 Å². The molecule has 0 bridgehead atoms. The van der Waals surface area contributed by atoms with Crippen molar-refractivity contribution >= 4 is 76.4 Å². The Bertz CT molecular complexity index is 4830. The first-order chi connectivity index (χ1) is 59.8. The summed E-state index contributed by atoms with van der Waals surface area (Å²) < 4.78 is 25.4. The molecule has 4 amide bonds. The fraction of sp³-hybridized carbons (Fsp3) is 0.436. The van der Waals surface area contributed by atoms with Crippen LogP contribution in [0.4, 0.5) is 32.3 Å². The molecule has 664 valence electrons. The maximum atomic E-state index is 14.2. The Hall–Kier alpha value is -11.5. The van der Waals surface area contributed by atoms with Gasteiger partial charge in [0.05, 0.1) is 39.7 Å². The molecule has 8 aromatic rings. The number of carboxylic acid groups (broad SMARTS) is 1. The Balaban J connectivity index is 0.000000171. The van der Waals surface area contributed by atoms with E-state index in [9.17, 15) is 48.3 Å². The van der Waals surface area contributed by atoms with Crippen LogP contribution in [0.15, 0.2) is 218 Å². The Morgan fingerprint density at radius 3 is 1.07 bits per heavy atom. The number of hydrogen-bond donors (Lipinski definition) is 2. The summed E-state index contributed by atoms with van der Waals surface area (Å²) in [6.07, 6.45) is 14.1. The molecular formula is C101H123LiN8O16. The van der Waals surface area contributed by atoms with E-state index in [2.05, 4.69) is 116 Å². The zero-order valence-electron chi connectivity index (χ0n) is 74.7. The molecule has 24 nitrogen and oxygen atoms in total. The number of aryl methyl sites for hydroxylation is 4. The summed E-state index contributed by atoms with van der Waals surface area (Å²) in [4.78, 5) is 126. The largest absolute Gasteiger partial charge is 1.00 e. The number of rotatable bonds is 13. The first-order valence-electron chi connectivity index (χ1n) is 43.9. The van der Waals surface area contributed by atoms with Crippen LogP contribution in [0.1, 0.15) is 175 Å². The van der Waals surface area contributed by atoms with Gasteiger partial charge in [0.2, 0.25) is 11.8 Å². The van der Waals surface area contributed by atoms with Gasteiger partial charge in [0.25, 0.3) is 0 Å². The van der Waals surface area contributed by atoms with Gasteiger partial charge in [-0.1, -0.05) is 194 Å². The van der Waals surface area contributed by atoms with E-state index in [4.69, 9.17) is 18.9 Å². The summed E-state index contributed by atoms with van der Waals surface area (Å²) in [6.45, 7) is 15.8. The van der Waals surface area contributed by atoms with Gasteiger partial charge < -0.3 is 64.1 Å². The van der Waals surface area contributed by atoms with Crippen LogP contribution >= 0.6 is 0 Å². The number of amides is 4. The normalized spacial score (nSPS) is 20.0. The number of anilines is 4. The number of carbonyl (C=O) groups is 9. The Labute approximate surface area is 754 Å². The molecule has 8 aromatic carbocycles. The molecule has 3 N–H and O–H groups in total. The zero-order valence-corrected chi connectivity index (χ0v) is 74.7. The molecular weight excluding hydrogens is 1590 g/mol. The fourth-order valence-corrected chi connectivity index (χ4v) is 18.4. The summed E-state index contributed by atoms with van der Waals surface area (Å²) in [5.41, 5.74) is 12.8. The average molecular weight is 1710 g/mol. The molecule has 16 rings (SSSR count). The van der Waals surface area contributed by atoms with Gasteiger partial charge in [-0.2, -0.15) is 0 Å². The van der Waals surface area contributed by atoms with Crippen LogP contribution in [-0.4, -0.2) is 211 Å². The third-order valence-electron chi connectivity index (χ3n) is 24.3. The molecule has 8 heterocycles. The van der Waals surface area contributed by atoms with Crippen LogP contribution in [-0.2, 0) is 82.9 Å². The molecule has 126 heavy (non-hydrogen) atoms. The number of benzene rings is 8. The van der Waals surface area contributed by atoms with Gasteiger partial charge in [0, 0.05) is 112 Å². The standard InChI is InChI=1S/C30H32N2O3.C29H30N2O3.C21H30N2O4.C11H17NO5.C10H13N.Li.H2O/c1-35-30(34)27-20-25(31-19-11-10-13-22-12-8-9-18-26(22)31)21-32(27)29(33)28(23-14-4-2-5-15-23)24-16-6-3-7-17-24;32-28(27(22-13-3-1-4-14-22)23-15-5-2-6-16-23)31-20-24(19-26(31)29(33)34)30-18-10-9-12-21-11-7-8-17-25(21)30;1-21(2,3)27-20(25)23-14-16(13-18(23)19(24)26-4)22-12-8-7-10-15-9-5-6-11-17(15)22;1-11(2,3)17-10(15)12-6-7(13)5-8(12)9(14)16-4;1-2-7-10-9(5-1)6-3-4-8-11-10;;/h2-9,12,14-18,25,27-28H,10-11,13,19-21H2,1H3;1-8,11,13-17,24,26-27H,9-10,12,18-20H2,(H,33,34);5-6,9,11,16,18H,7-8,10,12-14H2,1-4H3;8H,5-6H2,1-4H3;1-2,5,7,11H,3-4,6,8H2;;1H2/q;;;;;+1;/p-1/t25-,27-;24-,26-;16-,18-;8-;;;/m0000.../s1. The third kappa shape index (κ3) is 24.8. The Kier molecular flexibility index (Phi) is 35.0. The van der Waals surface area contributed by atoms with Crippen molar-refractivity contribution in [3.63, 3.8) is 0 Å². The monoisotopic (exact) mass is 1710 g/mol. The molecule has 0 aromatic heterocycles. The predicted molar refractivity (Wildman–Crippen MR) is 482 cm³/mol. The minimum Gasteiger partial charge on any atom is -0.870 e. The zero-order chi connectivity index (χ0) is 88.0. The van der Waals surface area contributed by atoms with E-state index < -0.39 is 71.3 Å². The van der Waals surface area contributed by atoms with Crippen LogP contribution in [0, 0.1) is 0 Å². The molecule has 0 spiro atoms. The average Bonchev–Trinajstić information content (AvgIpc) is 1.63. The number of carboxylic acids is 1. The number of aliphatic carboxylic acids is 1. The summed E-state index contributed by atoms with van der Waals surface area (Å²) in [7, 11) is 3.99. The second-order valence-corrected chi connectivity index (χ2v) is 35.0. The van der Waals surface area contributed by atoms with Gasteiger partial charge in [0.15, 0.2) is 5.78 Å². The fourth-order valence-electron chi connectivity index (χ4n) is 18.4. The SMILES string of the molecule is COC(=O)[C@@H]1CC(=O)CN1C(=O)OC(C)(C)C.COC(=O)[C@@H]1C[C@H](N2CCCCc3ccccc32)CN1C(=O)C(c1ccccc1)c1ccccc1.COC(=O)[C@@H]1C[C@H](N2CCCCc3ccccc32)CN1C(=O)OC(C)(C)C.O=C(O)[C@@H]1C[C@H](N2CCCCc3ccccc32)CN1C(=O)C(c1ccccc1)c1ccccc1.[Li+].[OH-].c1ccc2c(c1)CCCCN2. The molecule has 4 fully saturated rings. The van der Waals surface area contributed by atoms with Crippen molar-refractivity contribution in [3.05, 3.63) is 263 Å². The molecule has 0 aliphatic carbocycles. The van der Waals surface area contributed by atoms with Crippen molar-refractivity contribution in [2.45, 2.75) is 210 Å². The molecule has 8 aliphatic rings. The van der Waals surface area contributed by atoms with Crippen molar-refractivity contribution in [2.24, 2.45) is 0 Å². The molecule has 0 saturated carbocycles. The molecule has 8 aliphatic heterocycles. The summed E-state index contributed by atoms with van der Waals surface area (Å²) >= 11 is 0. The minimum absolute atomic E-state index is 0. The van der Waals surface area contributed by atoms with E-state index in [0.29, 0.717) is 38.9 Å². The van der Waals surface area contributed by atoms with Gasteiger partial charge in [-0.3, -0.25) is 24.2 Å². The van der Waals surface area contributed by atoms with Crippen LogP contribution < -0.4 is 38.9 Å². The van der Waals surface area contributed by atoms with Gasteiger partial charge in [-0.25, -0.2) is 28.8 Å². The van der Waals surface area contributed by atoms with Crippen LogP contribution in [0.3, 0.4) is 0 Å². The number of Topliss-reactive ketones (excluding diaryl/α,β-unsaturated/α-hetero) is 1. The summed E-state index contributed by atoms with van der Waals surface area (Å²) in [5, 5.41) is 13.5. The van der Waals surface area contributed by atoms with E-state index in [1.165, 1.54) is 90.5 Å². The van der Waals surface area contributed by atoms with E-state index in [1.54, 1.807) is 30.6 Å². The second kappa shape index (κ2) is 45.6. The quantitative estimate of drug-likeness (QED) is 0.0616. The smallest absolute Gasteiger partial charge is 0.870 e. The number of fused-ring (bicyclic) bond motifs is 4. The van der Waals surface area contributed by atoms with Crippen molar-refractivity contribution in [2.75, 3.05) is 93.7 Å². The molecule has 0 radical (unpaired) electrons. The first-order valence-corrected chi connectivity index (χ1v) is 43.9. The number of nitrogens with one attached hydrogen (secondary N) is 1. The maximum absolute atomic E-state index is 14.2. The number of carbonyl (C=O) groups excluding carboxylic acids is 8. The number of nitrogens with zero attached hydrogens (tertiary/aromatic N) is 7. The minimum atomic E-state index is -0.932. The van der Waals surface area contributed by atoms with E-state index in [-0.39, 0.29) is 85.0 Å². The predicted octanol–water partition coefficient (Wildman–Crippen LogP) is 12.9. The number of hydrogen-bond acceptors (Lipinski definition) is 19. The summed E-state index contributed by atoms with van der Waals surface area (Å²) in [6, 6.07) is 70.3. The second-order valence-electron chi connectivity index (χ2n) is 35.0. The first kappa shape index (κ1) is 96.8. The van der Waals surface area contributed by atoms with E-state index in [0.717, 1.165) is 111 Å². The number of esters is 3. The van der Waals surface area contributed by atoms with Crippen LogP contribution in [0.2, 0.25) is 0 Å². The number of ether oxygens (including phenoxy) is 5. The number of ketones is 1. The number of para-hydroxylation sites is 4. The van der Waals surface area contributed by atoms with Gasteiger partial charge in [-0.15, -0.1) is 0 Å². The molecule has 7 atom stereocenters. The summed E-state index contributed by atoms with van der Waals surface area (Å²) in [5.74, 6) is -3.62. The molecule has 0 unspecified atom stereocenters. The Morgan fingerprint density at radius 2 is 0.690 bits per heavy atom. The van der Waals surface area contributed by atoms with Crippen molar-refractivity contribution in [1.82, 2.24) is 19.6 Å². The topological polar surface area (TPSA) is 285 Å². The Morgan fingerprint density at radius 1 is 0.381 bits per heavy atom. The van der Waals surface area contributed by atoms with Crippen molar-refractivity contribution < 1.29 is 96.3 Å². The third-order valence-corrected chi connectivity index (χ3v) is 24.3. The van der Waals surface area contributed by atoms with Crippen LogP contribution in [0.5, 0.6) is 0 Å². The van der Waals surface area contributed by atoms with Gasteiger partial charge in [0.1, 0.15) is 35.4 Å². The van der Waals surface area contributed by atoms with E-state index in [1.807, 2.05) is 148 Å². The van der Waals surface area contributed by atoms with Gasteiger partial charge in [-0.05, 0) is 187 Å².